The van der Waals surface area contributed by atoms with E-state index in [0.29, 0.717) is 22.5 Å². The summed E-state index contributed by atoms with van der Waals surface area (Å²) in [6.45, 7) is 2.48. The molecular weight excluding hydrogens is 278 g/mol. The highest BCUT2D eigenvalue weighted by Crippen LogP contribution is 2.26. The number of benzene rings is 1. The van der Waals surface area contributed by atoms with Crippen LogP contribution in [0.2, 0.25) is 5.02 Å². The summed E-state index contributed by atoms with van der Waals surface area (Å²) in [6.07, 6.45) is 2.13. The summed E-state index contributed by atoms with van der Waals surface area (Å²) in [5.74, 6) is 1.31. The molecule has 1 fully saturated rings. The summed E-state index contributed by atoms with van der Waals surface area (Å²) in [5.41, 5.74) is 7.14. The molecule has 6 nitrogen and oxygen atoms in total. The Bertz CT molecular complexity index is 594. The highest BCUT2D eigenvalue weighted by atomic mass is 35.5. The van der Waals surface area contributed by atoms with Gasteiger partial charge in [0, 0.05) is 25.3 Å². The lowest BCUT2D eigenvalue weighted by molar-refractivity contribution is 0.183. The molecule has 20 heavy (non-hydrogen) atoms. The van der Waals surface area contributed by atoms with Gasteiger partial charge in [-0.25, -0.2) is 4.68 Å². The van der Waals surface area contributed by atoms with Gasteiger partial charge in [0.2, 0.25) is 0 Å². The second-order valence-electron chi connectivity index (χ2n) is 4.98. The highest BCUT2D eigenvalue weighted by Gasteiger charge is 2.17. The number of ether oxygens (including phenoxy) is 1. The second-order valence-corrected chi connectivity index (χ2v) is 5.39. The summed E-state index contributed by atoms with van der Waals surface area (Å²) in [4.78, 5) is 0. The molecule has 2 N–H and O–H groups in total. The third-order valence-electron chi connectivity index (χ3n) is 3.56. The first-order chi connectivity index (χ1) is 9.74. The number of hydrogen-bond acceptors (Lipinski definition) is 5. The Morgan fingerprint density at radius 3 is 3.10 bits per heavy atom. The van der Waals surface area contributed by atoms with E-state index in [4.69, 9.17) is 22.1 Å². The molecule has 0 amide bonds. The minimum atomic E-state index is 0.515. The molecule has 0 radical (unpaired) electrons. The zero-order valence-electron chi connectivity index (χ0n) is 11.0. The predicted molar refractivity (Wildman–Crippen MR) is 76.2 cm³/mol. The van der Waals surface area contributed by atoms with E-state index in [1.165, 1.54) is 0 Å². The molecular formula is C13H16ClN5O. The van der Waals surface area contributed by atoms with Crippen LogP contribution >= 0.6 is 11.6 Å². The van der Waals surface area contributed by atoms with Gasteiger partial charge in [-0.15, -0.1) is 5.10 Å². The number of aromatic nitrogens is 4. The first-order valence-corrected chi connectivity index (χ1v) is 7.01. The lowest BCUT2D eigenvalue weighted by Gasteiger charge is -2.09. The first kappa shape index (κ1) is 13.3. The van der Waals surface area contributed by atoms with Crippen LogP contribution in [0.4, 0.5) is 5.69 Å². The van der Waals surface area contributed by atoms with Gasteiger partial charge in [0.25, 0.3) is 0 Å². The van der Waals surface area contributed by atoms with Crippen LogP contribution in [0.25, 0.3) is 11.4 Å². The molecule has 1 unspecified atom stereocenters. The van der Waals surface area contributed by atoms with E-state index >= 15 is 0 Å². The summed E-state index contributed by atoms with van der Waals surface area (Å²) >= 11 is 6.04. The van der Waals surface area contributed by atoms with Crippen molar-refractivity contribution in [1.82, 2.24) is 20.2 Å². The Morgan fingerprint density at radius 1 is 1.45 bits per heavy atom. The molecule has 1 aromatic heterocycles. The Balaban J connectivity index is 1.76. The van der Waals surface area contributed by atoms with Crippen molar-refractivity contribution in [3.05, 3.63) is 23.2 Å². The molecule has 0 bridgehead atoms. The zero-order valence-corrected chi connectivity index (χ0v) is 11.8. The molecule has 0 aliphatic carbocycles. The number of nitrogen functional groups attached to an aromatic ring is 1. The maximum atomic E-state index is 6.04. The van der Waals surface area contributed by atoms with Gasteiger partial charge in [-0.3, -0.25) is 0 Å². The largest absolute Gasteiger partial charge is 0.398 e. The van der Waals surface area contributed by atoms with Crippen molar-refractivity contribution in [3.8, 4) is 11.4 Å². The number of halogens is 1. The van der Waals surface area contributed by atoms with Gasteiger partial charge >= 0.3 is 0 Å². The van der Waals surface area contributed by atoms with E-state index in [9.17, 15) is 0 Å². The van der Waals surface area contributed by atoms with Crippen molar-refractivity contribution in [2.45, 2.75) is 19.4 Å². The first-order valence-electron chi connectivity index (χ1n) is 6.63. The number of aryl methyl sites for hydroxylation is 1. The second kappa shape index (κ2) is 5.76. The molecule has 1 atom stereocenters. The Morgan fingerprint density at radius 2 is 2.35 bits per heavy atom. The van der Waals surface area contributed by atoms with Crippen LogP contribution in [0, 0.1) is 5.92 Å². The van der Waals surface area contributed by atoms with Crippen molar-refractivity contribution >= 4 is 17.3 Å². The molecule has 106 valence electrons. The van der Waals surface area contributed by atoms with Crippen LogP contribution in [0.3, 0.4) is 0 Å². The van der Waals surface area contributed by atoms with Gasteiger partial charge in [0.1, 0.15) is 0 Å². The molecule has 1 aromatic carbocycles. The molecule has 2 aromatic rings. The average Bonchev–Trinajstić information content (AvgIpc) is 3.10. The Hall–Kier alpha value is -1.66. The topological polar surface area (TPSA) is 78.9 Å². The number of rotatable bonds is 4. The van der Waals surface area contributed by atoms with Crippen LogP contribution in [-0.4, -0.2) is 33.4 Å². The fraction of sp³-hybridized carbons (Fsp3) is 0.462. The number of tetrazole rings is 1. The predicted octanol–water partition coefficient (Wildman–Crippen LogP) is 2.00. The molecule has 0 spiro atoms. The van der Waals surface area contributed by atoms with Gasteiger partial charge in [0.05, 0.1) is 10.7 Å². The minimum Gasteiger partial charge on any atom is -0.398 e. The lowest BCUT2D eigenvalue weighted by Crippen LogP contribution is -2.09. The summed E-state index contributed by atoms with van der Waals surface area (Å²) in [6, 6.07) is 5.43. The molecule has 0 saturated carbocycles. The maximum absolute atomic E-state index is 6.04. The van der Waals surface area contributed by atoms with E-state index in [1.807, 2.05) is 6.07 Å². The maximum Gasteiger partial charge on any atom is 0.182 e. The fourth-order valence-electron chi connectivity index (χ4n) is 2.34. The molecule has 3 rings (SSSR count). The average molecular weight is 294 g/mol. The lowest BCUT2D eigenvalue weighted by atomic mass is 10.1. The molecule has 1 saturated heterocycles. The normalized spacial score (nSPS) is 18.6. The van der Waals surface area contributed by atoms with E-state index in [2.05, 4.69) is 15.5 Å². The SMILES string of the molecule is Nc1ccc(-c2nnnn2CCC2CCOC2)cc1Cl. The number of hydrogen-bond donors (Lipinski definition) is 1. The quantitative estimate of drug-likeness (QED) is 0.872. The number of nitrogens with zero attached hydrogens (tertiary/aromatic N) is 4. The fourth-order valence-corrected chi connectivity index (χ4v) is 2.52. The summed E-state index contributed by atoms with van der Waals surface area (Å²) < 4.78 is 7.18. The third kappa shape index (κ3) is 2.76. The van der Waals surface area contributed by atoms with Gasteiger partial charge in [0.15, 0.2) is 5.82 Å². The van der Waals surface area contributed by atoms with Crippen LogP contribution in [0.5, 0.6) is 0 Å². The monoisotopic (exact) mass is 293 g/mol. The van der Waals surface area contributed by atoms with Crippen molar-refractivity contribution in [1.29, 1.82) is 0 Å². The van der Waals surface area contributed by atoms with Gasteiger partial charge < -0.3 is 10.5 Å². The molecule has 7 heteroatoms. The van der Waals surface area contributed by atoms with Crippen molar-refractivity contribution < 1.29 is 4.74 Å². The minimum absolute atomic E-state index is 0.515. The van der Waals surface area contributed by atoms with E-state index in [0.717, 1.165) is 38.2 Å². The summed E-state index contributed by atoms with van der Waals surface area (Å²) in [7, 11) is 0. The van der Waals surface area contributed by atoms with E-state index < -0.39 is 0 Å². The van der Waals surface area contributed by atoms with Gasteiger partial charge in [-0.1, -0.05) is 11.6 Å². The molecule has 1 aliphatic heterocycles. The highest BCUT2D eigenvalue weighted by molar-refractivity contribution is 6.33. The van der Waals surface area contributed by atoms with Crippen molar-refractivity contribution in [3.63, 3.8) is 0 Å². The van der Waals surface area contributed by atoms with Crippen LogP contribution in [0.1, 0.15) is 12.8 Å². The number of anilines is 1. The van der Waals surface area contributed by atoms with E-state index in [-0.39, 0.29) is 0 Å². The van der Waals surface area contributed by atoms with E-state index in [1.54, 1.807) is 16.8 Å². The van der Waals surface area contributed by atoms with Crippen LogP contribution in [-0.2, 0) is 11.3 Å². The Kier molecular flexibility index (Phi) is 3.84. The Labute approximate surface area is 121 Å². The summed E-state index contributed by atoms with van der Waals surface area (Å²) in [5, 5.41) is 12.4. The zero-order chi connectivity index (χ0) is 13.9. The van der Waals surface area contributed by atoms with Crippen molar-refractivity contribution in [2.75, 3.05) is 18.9 Å². The van der Waals surface area contributed by atoms with Gasteiger partial charge in [-0.2, -0.15) is 0 Å². The molecule has 2 heterocycles. The number of nitrogens with two attached hydrogens (primary N) is 1. The molecule has 1 aliphatic rings. The van der Waals surface area contributed by atoms with Crippen molar-refractivity contribution in [2.24, 2.45) is 5.92 Å². The van der Waals surface area contributed by atoms with Crippen LogP contribution < -0.4 is 5.73 Å². The smallest absolute Gasteiger partial charge is 0.182 e. The third-order valence-corrected chi connectivity index (χ3v) is 3.89. The van der Waals surface area contributed by atoms with Gasteiger partial charge in [-0.05, 0) is 47.4 Å². The standard InChI is InChI=1S/C13H16ClN5O/c14-11-7-10(1-2-12(11)15)13-16-17-18-19(13)5-3-9-4-6-20-8-9/h1-2,7,9H,3-6,8,15H2. The van der Waals surface area contributed by atoms with Crippen LogP contribution in [0.15, 0.2) is 18.2 Å².